The monoisotopic (exact) mass is 416 g/mol. The van der Waals surface area contributed by atoms with Gasteiger partial charge in [-0.2, -0.15) is 0 Å². The van der Waals surface area contributed by atoms with Gasteiger partial charge in [0, 0.05) is 11.5 Å². The third-order valence-corrected chi connectivity index (χ3v) is 7.62. The van der Waals surface area contributed by atoms with Crippen molar-refractivity contribution in [1.29, 1.82) is 0 Å². The predicted molar refractivity (Wildman–Crippen MR) is 107 cm³/mol. The smallest absolute Gasteiger partial charge is 0.342 e. The summed E-state index contributed by atoms with van der Waals surface area (Å²) >= 11 is 0. The van der Waals surface area contributed by atoms with Gasteiger partial charge >= 0.3 is 11.9 Å². The number of aliphatic carboxylic acids is 1. The van der Waals surface area contributed by atoms with Crippen molar-refractivity contribution in [2.75, 3.05) is 0 Å². The van der Waals surface area contributed by atoms with E-state index in [-0.39, 0.29) is 34.1 Å². The van der Waals surface area contributed by atoms with E-state index in [1.807, 2.05) is 6.92 Å². The molecule has 7 nitrogen and oxygen atoms in total. The highest BCUT2D eigenvalue weighted by Gasteiger charge is 2.73. The minimum absolute atomic E-state index is 0.0421. The first-order chi connectivity index (χ1) is 13.8. The molecule has 1 aromatic carbocycles. The van der Waals surface area contributed by atoms with Gasteiger partial charge < -0.3 is 25.2 Å². The number of hydrogen-bond donors (Lipinski definition) is 4. The Labute approximate surface area is 175 Å². The highest BCUT2D eigenvalue weighted by Crippen LogP contribution is 2.68. The van der Waals surface area contributed by atoms with E-state index in [0.29, 0.717) is 12.0 Å². The summed E-state index contributed by atoms with van der Waals surface area (Å²) in [6.45, 7) is 7.72. The number of phenols is 2. The largest absolute Gasteiger partial charge is 0.508 e. The van der Waals surface area contributed by atoms with E-state index in [4.69, 9.17) is 4.74 Å². The minimum Gasteiger partial charge on any atom is -0.508 e. The quantitative estimate of drug-likeness (QED) is 0.558. The average molecular weight is 416 g/mol. The van der Waals surface area contributed by atoms with E-state index < -0.39 is 34.8 Å². The summed E-state index contributed by atoms with van der Waals surface area (Å²) < 4.78 is 5.56. The third kappa shape index (κ3) is 2.68. The SMILES string of the molecule is Cc1cc(O)cc(O)c1C(=O)O[C@@H]1C[C@]2(C)[C@H]3CC(C)(C)C[C@H]3C=C(C(=O)O)[C@]12O. The van der Waals surface area contributed by atoms with Crippen LogP contribution in [0.15, 0.2) is 23.8 Å². The Morgan fingerprint density at radius 3 is 2.37 bits per heavy atom. The molecule has 1 aromatic rings. The second-order valence-corrected chi connectivity index (χ2v) is 10.2. The van der Waals surface area contributed by atoms with Crippen LogP contribution in [0.1, 0.15) is 56.0 Å². The van der Waals surface area contributed by atoms with Gasteiger partial charge in [-0.15, -0.1) is 0 Å². The number of carboxylic acids is 1. The molecule has 3 aliphatic rings. The fourth-order valence-electron chi connectivity index (χ4n) is 6.23. The lowest BCUT2D eigenvalue weighted by atomic mass is 9.44. The summed E-state index contributed by atoms with van der Waals surface area (Å²) in [6.07, 6.45) is 2.68. The summed E-state index contributed by atoms with van der Waals surface area (Å²) in [4.78, 5) is 24.8. The van der Waals surface area contributed by atoms with Gasteiger partial charge in [0.1, 0.15) is 28.8 Å². The van der Waals surface area contributed by atoms with Crippen LogP contribution >= 0.6 is 0 Å². The van der Waals surface area contributed by atoms with Crippen LogP contribution in [0, 0.1) is 29.6 Å². The van der Waals surface area contributed by atoms with Crippen molar-refractivity contribution in [3.05, 3.63) is 34.9 Å². The number of carbonyl (C=O) groups excluding carboxylic acids is 1. The van der Waals surface area contributed by atoms with Crippen LogP contribution in [-0.4, -0.2) is 44.1 Å². The molecule has 0 saturated heterocycles. The first-order valence-corrected chi connectivity index (χ1v) is 10.2. The molecule has 2 fully saturated rings. The number of aromatic hydroxyl groups is 2. The van der Waals surface area contributed by atoms with E-state index in [9.17, 15) is 30.0 Å². The molecule has 0 heterocycles. The van der Waals surface area contributed by atoms with Gasteiger partial charge in [-0.1, -0.05) is 26.8 Å². The van der Waals surface area contributed by atoms with E-state index in [1.54, 1.807) is 13.0 Å². The summed E-state index contributed by atoms with van der Waals surface area (Å²) in [5.41, 5.74) is -2.37. The number of carbonyl (C=O) groups is 2. The van der Waals surface area contributed by atoms with E-state index in [0.717, 1.165) is 18.9 Å². The van der Waals surface area contributed by atoms with E-state index in [2.05, 4.69) is 13.8 Å². The number of aryl methyl sites for hydroxylation is 1. The molecule has 4 N–H and O–H groups in total. The third-order valence-electron chi connectivity index (χ3n) is 7.62. The van der Waals surface area contributed by atoms with Crippen molar-refractivity contribution in [1.82, 2.24) is 0 Å². The number of esters is 1. The standard InChI is InChI=1S/C23H28O7/c1-11-5-13(24)7-16(25)18(11)20(28)30-17-10-22(4)15-9-21(2,3)8-12(15)6-14(19(26)27)23(17,22)29/h5-7,12,15,17,24-25,29H,8-10H2,1-4H3,(H,26,27)/t12-,15+,17-,22-,23+/m1/s1. The van der Waals surface area contributed by atoms with Crippen molar-refractivity contribution in [3.63, 3.8) is 0 Å². The first kappa shape index (κ1) is 20.7. The molecule has 0 aromatic heterocycles. The zero-order valence-corrected chi connectivity index (χ0v) is 17.6. The van der Waals surface area contributed by atoms with Gasteiger partial charge in [-0.05, 0) is 55.1 Å². The molecule has 30 heavy (non-hydrogen) atoms. The Morgan fingerprint density at radius 2 is 1.77 bits per heavy atom. The molecule has 4 rings (SSSR count). The molecule has 5 atom stereocenters. The summed E-state index contributed by atoms with van der Waals surface area (Å²) in [7, 11) is 0. The van der Waals surface area contributed by atoms with E-state index >= 15 is 0 Å². The summed E-state index contributed by atoms with van der Waals surface area (Å²) in [5.74, 6) is -2.52. The normalized spacial score (nSPS) is 36.2. The number of phenolic OH excluding ortho intramolecular Hbond substituents is 2. The zero-order chi connectivity index (χ0) is 22.2. The molecule has 2 saturated carbocycles. The number of carboxylic acid groups (broad SMARTS) is 1. The molecule has 0 aliphatic heterocycles. The van der Waals surface area contributed by atoms with Crippen molar-refractivity contribution >= 4 is 11.9 Å². The van der Waals surface area contributed by atoms with Crippen LogP contribution in [-0.2, 0) is 9.53 Å². The van der Waals surface area contributed by atoms with Gasteiger partial charge in [0.2, 0.25) is 0 Å². The molecular formula is C23H28O7. The van der Waals surface area contributed by atoms with Crippen LogP contribution in [0.5, 0.6) is 11.5 Å². The lowest BCUT2D eigenvalue weighted by Gasteiger charge is -2.64. The molecule has 0 radical (unpaired) electrons. The van der Waals surface area contributed by atoms with Crippen LogP contribution in [0.4, 0.5) is 0 Å². The number of benzene rings is 1. The van der Waals surface area contributed by atoms with Crippen molar-refractivity contribution in [2.45, 2.75) is 58.7 Å². The Bertz CT molecular complexity index is 955. The maximum atomic E-state index is 12.8. The number of allylic oxidation sites excluding steroid dienone is 1. The lowest BCUT2D eigenvalue weighted by Crippen LogP contribution is -2.73. The van der Waals surface area contributed by atoms with Crippen LogP contribution in [0.2, 0.25) is 0 Å². The van der Waals surface area contributed by atoms with Gasteiger partial charge in [-0.3, -0.25) is 0 Å². The zero-order valence-electron chi connectivity index (χ0n) is 17.6. The molecule has 3 aliphatic carbocycles. The fourth-order valence-corrected chi connectivity index (χ4v) is 6.23. The molecule has 0 amide bonds. The minimum atomic E-state index is -1.80. The molecule has 0 bridgehead atoms. The maximum absolute atomic E-state index is 12.8. The highest BCUT2D eigenvalue weighted by molar-refractivity contribution is 5.95. The van der Waals surface area contributed by atoms with Crippen molar-refractivity contribution in [2.24, 2.45) is 22.7 Å². The van der Waals surface area contributed by atoms with Gasteiger partial charge in [0.15, 0.2) is 0 Å². The fraction of sp³-hybridized carbons (Fsp3) is 0.565. The first-order valence-electron chi connectivity index (χ1n) is 10.2. The van der Waals surface area contributed by atoms with Crippen LogP contribution in [0.25, 0.3) is 0 Å². The number of aliphatic hydroxyl groups is 1. The van der Waals surface area contributed by atoms with Crippen LogP contribution in [0.3, 0.4) is 0 Å². The van der Waals surface area contributed by atoms with Gasteiger partial charge in [0.05, 0.1) is 5.57 Å². The molecule has 162 valence electrons. The Kier molecular flexibility index (Phi) is 4.30. The Morgan fingerprint density at radius 1 is 1.10 bits per heavy atom. The van der Waals surface area contributed by atoms with Crippen molar-refractivity contribution in [3.8, 4) is 11.5 Å². The Balaban J connectivity index is 1.68. The number of ether oxygens (including phenoxy) is 1. The second kappa shape index (κ2) is 6.23. The molecular weight excluding hydrogens is 388 g/mol. The highest BCUT2D eigenvalue weighted by atomic mass is 16.6. The van der Waals surface area contributed by atoms with Crippen molar-refractivity contribution < 1.29 is 34.8 Å². The van der Waals surface area contributed by atoms with E-state index in [1.165, 1.54) is 6.07 Å². The predicted octanol–water partition coefficient (Wildman–Crippen LogP) is 3.15. The maximum Gasteiger partial charge on any atom is 0.342 e. The second-order valence-electron chi connectivity index (χ2n) is 10.2. The molecule has 7 heteroatoms. The Hall–Kier alpha value is -2.54. The van der Waals surface area contributed by atoms with Gasteiger partial charge in [0.25, 0.3) is 0 Å². The number of rotatable bonds is 3. The number of fused-ring (bicyclic) bond motifs is 3. The summed E-state index contributed by atoms with van der Waals surface area (Å²) in [5, 5.41) is 41.1. The average Bonchev–Trinajstić information content (AvgIpc) is 2.91. The van der Waals surface area contributed by atoms with Crippen LogP contribution < -0.4 is 0 Å². The molecule has 0 unspecified atom stereocenters. The summed E-state index contributed by atoms with van der Waals surface area (Å²) in [6, 6.07) is 2.36. The molecule has 0 spiro atoms. The van der Waals surface area contributed by atoms with Gasteiger partial charge in [-0.25, -0.2) is 9.59 Å². The topological polar surface area (TPSA) is 124 Å². The lowest BCUT2D eigenvalue weighted by molar-refractivity contribution is -0.249. The number of hydrogen-bond acceptors (Lipinski definition) is 6.